The number of nitrogens with zero attached hydrogens (tertiary/aromatic N) is 2. The van der Waals surface area contributed by atoms with E-state index < -0.39 is 5.91 Å². The molecule has 0 aliphatic carbocycles. The summed E-state index contributed by atoms with van der Waals surface area (Å²) in [5, 5.41) is 13.3. The van der Waals surface area contributed by atoms with Crippen LogP contribution in [0.1, 0.15) is 0 Å². The Morgan fingerprint density at radius 1 is 1.10 bits per heavy atom. The molecule has 7 heteroatoms. The highest BCUT2D eigenvalue weighted by atomic mass is 35.5. The first-order valence-electron chi connectivity index (χ1n) is 8.72. The summed E-state index contributed by atoms with van der Waals surface area (Å²) in [5.41, 5.74) is 2.11. The second-order valence-corrected chi connectivity index (χ2v) is 6.87. The molecule has 0 saturated carbocycles. The van der Waals surface area contributed by atoms with E-state index in [9.17, 15) is 4.79 Å². The van der Waals surface area contributed by atoms with Gasteiger partial charge in [-0.25, -0.2) is 0 Å². The molecule has 5 nitrogen and oxygen atoms in total. The van der Waals surface area contributed by atoms with Gasteiger partial charge in [0.05, 0.1) is 22.5 Å². The number of carbonyl (C=O) groups is 1. The molecule has 0 aliphatic heterocycles. The molecule has 4 rings (SSSR count). The van der Waals surface area contributed by atoms with E-state index in [1.165, 1.54) is 0 Å². The summed E-state index contributed by atoms with van der Waals surface area (Å²) in [7, 11) is 0. The van der Waals surface area contributed by atoms with Crippen molar-refractivity contribution in [2.45, 2.75) is 0 Å². The minimum atomic E-state index is -0.496. The molecule has 2 heterocycles. The molecule has 0 radical (unpaired) electrons. The van der Waals surface area contributed by atoms with Gasteiger partial charge in [-0.05, 0) is 54.6 Å². The Balaban J connectivity index is 0.000000177. The number of fused-ring (bicyclic) bond motifs is 1. The van der Waals surface area contributed by atoms with Crippen LogP contribution in [0, 0.1) is 11.3 Å². The zero-order valence-electron chi connectivity index (χ0n) is 15.6. The molecule has 2 aromatic heterocycles. The van der Waals surface area contributed by atoms with Crippen molar-refractivity contribution in [1.82, 2.24) is 4.98 Å². The summed E-state index contributed by atoms with van der Waals surface area (Å²) in [6.45, 7) is 3.36. The van der Waals surface area contributed by atoms with E-state index in [1.807, 2.05) is 24.3 Å². The number of aromatic nitrogens is 1. The maximum Gasteiger partial charge on any atom is 0.265 e. The van der Waals surface area contributed by atoms with Crippen molar-refractivity contribution in [2.75, 3.05) is 5.32 Å². The van der Waals surface area contributed by atoms with Gasteiger partial charge < -0.3 is 9.73 Å². The number of amides is 1. The van der Waals surface area contributed by atoms with Crippen LogP contribution in [0.4, 0.5) is 5.69 Å². The second-order valence-electron chi connectivity index (χ2n) is 6.02. The van der Waals surface area contributed by atoms with Crippen LogP contribution in [0.2, 0.25) is 10.0 Å². The number of nitriles is 1. The minimum Gasteiger partial charge on any atom is -0.464 e. The van der Waals surface area contributed by atoms with Crippen molar-refractivity contribution in [3.8, 4) is 17.4 Å². The van der Waals surface area contributed by atoms with Crippen molar-refractivity contribution in [3.05, 3.63) is 95.3 Å². The minimum absolute atomic E-state index is 0.120. The van der Waals surface area contributed by atoms with Crippen LogP contribution < -0.4 is 5.32 Å². The number of hydrogen-bond acceptors (Lipinski definition) is 4. The number of halogens is 2. The highest BCUT2D eigenvalue weighted by Gasteiger charge is 2.08. The number of pyridine rings is 1. The fraction of sp³-hybridized carbons (Fsp3) is 0. The second kappa shape index (κ2) is 9.75. The van der Waals surface area contributed by atoms with Crippen molar-refractivity contribution in [3.63, 3.8) is 0 Å². The summed E-state index contributed by atoms with van der Waals surface area (Å²) < 4.78 is 5.21. The van der Waals surface area contributed by atoms with E-state index in [0.29, 0.717) is 15.7 Å². The van der Waals surface area contributed by atoms with Crippen molar-refractivity contribution >= 4 is 45.7 Å². The van der Waals surface area contributed by atoms with Crippen LogP contribution in [0.15, 0.2) is 89.7 Å². The highest BCUT2D eigenvalue weighted by Crippen LogP contribution is 2.30. The van der Waals surface area contributed by atoms with Gasteiger partial charge in [0.1, 0.15) is 17.4 Å². The number of anilines is 1. The lowest BCUT2D eigenvalue weighted by molar-refractivity contribution is -0.112. The van der Waals surface area contributed by atoms with Gasteiger partial charge in [-0.15, -0.1) is 0 Å². The molecular formula is C23H15Cl2N3O2. The van der Waals surface area contributed by atoms with Crippen LogP contribution in [-0.2, 0) is 4.79 Å². The Morgan fingerprint density at radius 2 is 1.93 bits per heavy atom. The number of nitrogens with one attached hydrogen (secondary N) is 1. The summed E-state index contributed by atoms with van der Waals surface area (Å²) in [6.07, 6.45) is 3.29. The molecule has 4 aromatic rings. The van der Waals surface area contributed by atoms with Gasteiger partial charge in [-0.3, -0.25) is 9.78 Å². The number of hydrogen-bond donors (Lipinski definition) is 1. The largest absolute Gasteiger partial charge is 0.464 e. The van der Waals surface area contributed by atoms with Gasteiger partial charge in [-0.1, -0.05) is 35.8 Å². The Labute approximate surface area is 183 Å². The molecule has 30 heavy (non-hydrogen) atoms. The Kier molecular flexibility index (Phi) is 6.87. The van der Waals surface area contributed by atoms with E-state index >= 15 is 0 Å². The number of rotatable bonds is 3. The fourth-order valence-corrected chi connectivity index (χ4v) is 2.96. The Hall–Kier alpha value is -3.59. The summed E-state index contributed by atoms with van der Waals surface area (Å²) in [5.74, 6) is 0.233. The Morgan fingerprint density at radius 3 is 2.67 bits per heavy atom. The van der Waals surface area contributed by atoms with Crippen LogP contribution in [0.25, 0.3) is 22.2 Å². The lowest BCUT2D eigenvalue weighted by atomic mass is 10.1. The lowest BCUT2D eigenvalue weighted by Gasteiger charge is -2.06. The molecule has 0 spiro atoms. The third kappa shape index (κ3) is 5.06. The van der Waals surface area contributed by atoms with Crippen molar-refractivity contribution < 1.29 is 9.21 Å². The standard InChI is InChI=1S/C13H9N3O.C10H6Cl2O/c1-9(8-14)13(17)16-12-6-2-5-11-10(12)4-3-7-15-11;11-7-3-4-9(12)8(6-7)10-2-1-5-13-10/h2-7H,1H2,(H,16,17);1-6H. The highest BCUT2D eigenvalue weighted by molar-refractivity contribution is 6.35. The molecular weight excluding hydrogens is 421 g/mol. The molecule has 0 unspecified atom stereocenters. The van der Waals surface area contributed by atoms with Crippen molar-refractivity contribution in [2.24, 2.45) is 0 Å². The van der Waals surface area contributed by atoms with Crippen LogP contribution in [-0.4, -0.2) is 10.9 Å². The van der Waals surface area contributed by atoms with Gasteiger partial charge in [0.2, 0.25) is 0 Å². The summed E-state index contributed by atoms with van der Waals surface area (Å²) in [6, 6.07) is 19.7. The number of benzene rings is 2. The molecule has 1 N–H and O–H groups in total. The SMILES string of the molecule is C=C(C#N)C(=O)Nc1cccc2ncccc12.Clc1ccc(Cl)c(-c2ccco2)c1. The fourth-order valence-electron chi connectivity index (χ4n) is 2.58. The van der Waals surface area contributed by atoms with Gasteiger partial charge in [0, 0.05) is 22.2 Å². The summed E-state index contributed by atoms with van der Waals surface area (Å²) >= 11 is 11.8. The quantitative estimate of drug-likeness (QED) is 0.293. The average molecular weight is 436 g/mol. The molecule has 0 aliphatic rings. The molecule has 0 atom stereocenters. The normalized spacial score (nSPS) is 9.90. The predicted molar refractivity (Wildman–Crippen MR) is 119 cm³/mol. The molecule has 2 aromatic carbocycles. The third-order valence-electron chi connectivity index (χ3n) is 4.02. The zero-order valence-corrected chi connectivity index (χ0v) is 17.1. The van der Waals surface area contributed by atoms with Crippen LogP contribution >= 0.6 is 23.2 Å². The third-order valence-corrected chi connectivity index (χ3v) is 4.58. The first-order chi connectivity index (χ1) is 14.5. The summed E-state index contributed by atoms with van der Waals surface area (Å²) in [4.78, 5) is 15.7. The molecule has 0 saturated heterocycles. The Bertz CT molecular complexity index is 1240. The van der Waals surface area contributed by atoms with Gasteiger partial charge in [0.15, 0.2) is 0 Å². The number of furan rings is 1. The smallest absolute Gasteiger partial charge is 0.265 e. The van der Waals surface area contributed by atoms with E-state index in [4.69, 9.17) is 32.9 Å². The van der Waals surface area contributed by atoms with Crippen molar-refractivity contribution in [1.29, 1.82) is 5.26 Å². The first kappa shape index (κ1) is 21.1. The van der Waals surface area contributed by atoms with Gasteiger partial charge >= 0.3 is 0 Å². The maximum absolute atomic E-state index is 11.5. The molecule has 148 valence electrons. The van der Waals surface area contributed by atoms with E-state index in [-0.39, 0.29) is 5.57 Å². The lowest BCUT2D eigenvalue weighted by Crippen LogP contribution is -2.12. The van der Waals surface area contributed by atoms with E-state index in [2.05, 4.69) is 16.9 Å². The molecule has 0 bridgehead atoms. The maximum atomic E-state index is 11.5. The average Bonchev–Trinajstić information content (AvgIpc) is 3.30. The van der Waals surface area contributed by atoms with E-state index in [1.54, 1.807) is 54.9 Å². The monoisotopic (exact) mass is 435 g/mol. The first-order valence-corrected chi connectivity index (χ1v) is 9.48. The van der Waals surface area contributed by atoms with Crippen LogP contribution in [0.5, 0.6) is 0 Å². The molecule has 0 fully saturated rings. The number of carbonyl (C=O) groups excluding carboxylic acids is 1. The zero-order chi connectivity index (χ0) is 21.5. The van der Waals surface area contributed by atoms with Crippen LogP contribution in [0.3, 0.4) is 0 Å². The van der Waals surface area contributed by atoms with E-state index in [0.717, 1.165) is 22.2 Å². The van der Waals surface area contributed by atoms with Gasteiger partial charge in [-0.2, -0.15) is 5.26 Å². The topological polar surface area (TPSA) is 78.9 Å². The predicted octanol–water partition coefficient (Wildman–Crippen LogP) is 6.51. The van der Waals surface area contributed by atoms with Gasteiger partial charge in [0.25, 0.3) is 5.91 Å². The molecule has 1 amide bonds.